The molecule has 5 nitrogen and oxygen atoms in total. The molecule has 0 radical (unpaired) electrons. The SMILES string of the molecule is CCOC(=O)Nc1cc2c(c3c1OC(C)(C)C3)C(c1ccccc1)=NC(C)(C)C2. The zero-order chi connectivity index (χ0) is 20.8. The number of amides is 1. The van der Waals surface area contributed by atoms with Gasteiger partial charge in [-0.2, -0.15) is 0 Å². The van der Waals surface area contributed by atoms with Crippen LogP contribution in [0.1, 0.15) is 56.9 Å². The molecule has 4 rings (SSSR count). The van der Waals surface area contributed by atoms with Crippen LogP contribution >= 0.6 is 0 Å². The number of benzene rings is 2. The Morgan fingerprint density at radius 1 is 1.17 bits per heavy atom. The molecule has 2 aliphatic heterocycles. The summed E-state index contributed by atoms with van der Waals surface area (Å²) >= 11 is 0. The van der Waals surface area contributed by atoms with Crippen LogP contribution in [-0.4, -0.2) is 29.6 Å². The summed E-state index contributed by atoms with van der Waals surface area (Å²) in [6, 6.07) is 12.3. The molecule has 0 spiro atoms. The first-order valence-corrected chi connectivity index (χ1v) is 10.2. The highest BCUT2D eigenvalue weighted by atomic mass is 16.5. The van der Waals surface area contributed by atoms with E-state index in [1.54, 1.807) is 6.92 Å². The highest BCUT2D eigenvalue weighted by molar-refractivity contribution is 6.16. The Morgan fingerprint density at radius 3 is 2.59 bits per heavy atom. The number of hydrogen-bond donors (Lipinski definition) is 1. The van der Waals surface area contributed by atoms with Crippen molar-refractivity contribution in [2.45, 2.75) is 58.6 Å². The second-order valence-corrected chi connectivity index (χ2v) is 8.97. The number of rotatable bonds is 3. The van der Waals surface area contributed by atoms with Crippen LogP contribution in [0.25, 0.3) is 0 Å². The van der Waals surface area contributed by atoms with Crippen LogP contribution in [0.4, 0.5) is 10.5 Å². The highest BCUT2D eigenvalue weighted by Crippen LogP contribution is 2.47. The van der Waals surface area contributed by atoms with E-state index in [1.165, 1.54) is 5.56 Å². The van der Waals surface area contributed by atoms with Crippen molar-refractivity contribution in [1.29, 1.82) is 0 Å². The number of ether oxygens (including phenoxy) is 2. The summed E-state index contributed by atoms with van der Waals surface area (Å²) in [5.74, 6) is 0.727. The van der Waals surface area contributed by atoms with Gasteiger partial charge in [0.05, 0.1) is 23.5 Å². The van der Waals surface area contributed by atoms with Gasteiger partial charge in [-0.15, -0.1) is 0 Å². The zero-order valence-electron chi connectivity index (χ0n) is 17.8. The van der Waals surface area contributed by atoms with Crippen LogP contribution in [0, 0.1) is 0 Å². The Kier molecular flexibility index (Phi) is 4.64. The van der Waals surface area contributed by atoms with E-state index >= 15 is 0 Å². The van der Waals surface area contributed by atoms with E-state index in [0.29, 0.717) is 12.3 Å². The molecular weight excluding hydrogens is 364 g/mol. The molecule has 0 aromatic heterocycles. The third kappa shape index (κ3) is 3.74. The summed E-state index contributed by atoms with van der Waals surface area (Å²) in [5.41, 5.74) is 5.61. The minimum absolute atomic E-state index is 0.234. The number of nitrogens with one attached hydrogen (secondary N) is 1. The van der Waals surface area contributed by atoms with Crippen molar-refractivity contribution in [3.05, 3.63) is 58.7 Å². The molecule has 2 aliphatic rings. The third-order valence-electron chi connectivity index (χ3n) is 5.27. The van der Waals surface area contributed by atoms with Crippen LogP contribution < -0.4 is 10.1 Å². The lowest BCUT2D eigenvalue weighted by Gasteiger charge is -2.31. The Balaban J connectivity index is 1.91. The normalized spacial score (nSPS) is 18.2. The highest BCUT2D eigenvalue weighted by Gasteiger charge is 2.39. The molecule has 1 N–H and O–H groups in total. The minimum Gasteiger partial charge on any atom is -0.485 e. The molecule has 2 heterocycles. The van der Waals surface area contributed by atoms with Crippen molar-refractivity contribution < 1.29 is 14.3 Å². The summed E-state index contributed by atoms with van der Waals surface area (Å²) in [5, 5.41) is 2.89. The lowest BCUT2D eigenvalue weighted by Crippen LogP contribution is -2.30. The fourth-order valence-electron chi connectivity index (χ4n) is 4.28. The molecule has 0 saturated carbocycles. The van der Waals surface area contributed by atoms with E-state index in [1.807, 2.05) is 24.3 Å². The second-order valence-electron chi connectivity index (χ2n) is 8.97. The maximum atomic E-state index is 12.1. The Labute approximate surface area is 172 Å². The lowest BCUT2D eigenvalue weighted by atomic mass is 9.81. The topological polar surface area (TPSA) is 59.9 Å². The zero-order valence-corrected chi connectivity index (χ0v) is 17.8. The van der Waals surface area contributed by atoms with Gasteiger partial charge in [-0.1, -0.05) is 30.3 Å². The molecule has 5 heteroatoms. The van der Waals surface area contributed by atoms with E-state index < -0.39 is 6.09 Å². The number of fused-ring (bicyclic) bond motifs is 3. The first-order chi connectivity index (χ1) is 13.7. The van der Waals surface area contributed by atoms with E-state index in [9.17, 15) is 4.79 Å². The number of nitrogens with zero attached hydrogens (tertiary/aromatic N) is 1. The van der Waals surface area contributed by atoms with Gasteiger partial charge in [-0.25, -0.2) is 4.79 Å². The molecule has 152 valence electrons. The van der Waals surface area contributed by atoms with E-state index in [0.717, 1.165) is 41.0 Å². The smallest absolute Gasteiger partial charge is 0.411 e. The maximum Gasteiger partial charge on any atom is 0.411 e. The van der Waals surface area contributed by atoms with Crippen molar-refractivity contribution in [3.63, 3.8) is 0 Å². The molecule has 0 atom stereocenters. The molecule has 2 aromatic carbocycles. The number of hydrogen-bond acceptors (Lipinski definition) is 4. The molecular formula is C24H28N2O3. The molecule has 1 amide bonds. The van der Waals surface area contributed by atoms with Gasteiger partial charge in [0.1, 0.15) is 11.4 Å². The molecule has 2 aromatic rings. The van der Waals surface area contributed by atoms with Crippen LogP contribution in [0.5, 0.6) is 5.75 Å². The molecule has 0 aliphatic carbocycles. The Bertz CT molecular complexity index is 991. The van der Waals surface area contributed by atoms with Crippen molar-refractivity contribution in [3.8, 4) is 5.75 Å². The first-order valence-electron chi connectivity index (χ1n) is 10.2. The van der Waals surface area contributed by atoms with Crippen LogP contribution in [0.15, 0.2) is 41.4 Å². The summed E-state index contributed by atoms with van der Waals surface area (Å²) < 4.78 is 11.4. The van der Waals surface area contributed by atoms with Gasteiger partial charge in [0.2, 0.25) is 0 Å². The number of anilines is 1. The monoisotopic (exact) mass is 392 g/mol. The maximum absolute atomic E-state index is 12.1. The Morgan fingerprint density at radius 2 is 1.90 bits per heavy atom. The van der Waals surface area contributed by atoms with E-state index in [2.05, 4.69) is 45.1 Å². The van der Waals surface area contributed by atoms with Gasteiger partial charge in [0.15, 0.2) is 0 Å². The van der Waals surface area contributed by atoms with Crippen LogP contribution in [0.3, 0.4) is 0 Å². The summed E-state index contributed by atoms with van der Waals surface area (Å²) in [7, 11) is 0. The van der Waals surface area contributed by atoms with Gasteiger partial charge < -0.3 is 9.47 Å². The third-order valence-corrected chi connectivity index (χ3v) is 5.27. The van der Waals surface area contributed by atoms with Gasteiger partial charge in [0.25, 0.3) is 0 Å². The van der Waals surface area contributed by atoms with Gasteiger partial charge >= 0.3 is 6.09 Å². The minimum atomic E-state index is -0.463. The Hall–Kier alpha value is -2.82. The van der Waals surface area contributed by atoms with Gasteiger partial charge in [0, 0.05) is 23.1 Å². The fraction of sp³-hybridized carbons (Fsp3) is 0.417. The van der Waals surface area contributed by atoms with E-state index in [-0.39, 0.29) is 11.1 Å². The molecule has 0 fully saturated rings. The van der Waals surface area contributed by atoms with Crippen molar-refractivity contribution in [2.75, 3.05) is 11.9 Å². The van der Waals surface area contributed by atoms with Crippen LogP contribution in [0.2, 0.25) is 0 Å². The number of carbonyl (C=O) groups excluding carboxylic acids is 1. The predicted molar refractivity (Wildman–Crippen MR) is 115 cm³/mol. The average Bonchev–Trinajstić information content (AvgIpc) is 2.96. The van der Waals surface area contributed by atoms with E-state index in [4.69, 9.17) is 14.5 Å². The first kappa shape index (κ1) is 19.5. The van der Waals surface area contributed by atoms with Crippen molar-refractivity contribution >= 4 is 17.5 Å². The molecule has 29 heavy (non-hydrogen) atoms. The van der Waals surface area contributed by atoms with Gasteiger partial charge in [-0.05, 0) is 52.7 Å². The standard InChI is InChI=1S/C24H28N2O3/c1-6-28-22(27)25-18-12-16-13-23(2,3)26-20(15-10-8-7-9-11-15)19(16)17-14-24(4,5)29-21(17)18/h7-12H,6,13-14H2,1-5H3,(H,25,27). The molecule has 0 unspecified atom stereocenters. The number of aliphatic imine (C=N–C) groups is 1. The van der Waals surface area contributed by atoms with Crippen LogP contribution in [-0.2, 0) is 17.6 Å². The average molecular weight is 392 g/mol. The lowest BCUT2D eigenvalue weighted by molar-refractivity contribution is 0.138. The molecule has 0 saturated heterocycles. The summed E-state index contributed by atoms with van der Waals surface area (Å²) in [4.78, 5) is 17.3. The predicted octanol–water partition coefficient (Wildman–Crippen LogP) is 5.14. The fourth-order valence-corrected chi connectivity index (χ4v) is 4.28. The van der Waals surface area contributed by atoms with Crippen molar-refractivity contribution in [2.24, 2.45) is 4.99 Å². The second kappa shape index (κ2) is 6.90. The number of carbonyl (C=O) groups is 1. The molecule has 0 bridgehead atoms. The van der Waals surface area contributed by atoms with Gasteiger partial charge in [-0.3, -0.25) is 10.3 Å². The largest absolute Gasteiger partial charge is 0.485 e. The van der Waals surface area contributed by atoms with Crippen molar-refractivity contribution in [1.82, 2.24) is 0 Å². The summed E-state index contributed by atoms with van der Waals surface area (Å²) in [6.07, 6.45) is 1.09. The quantitative estimate of drug-likeness (QED) is 0.787. The summed E-state index contributed by atoms with van der Waals surface area (Å²) in [6.45, 7) is 10.5.